The predicted octanol–water partition coefficient (Wildman–Crippen LogP) is 3.58. The normalized spacial score (nSPS) is 12.6. The zero-order valence-electron chi connectivity index (χ0n) is 23.4. The maximum absolute atomic E-state index is 14.0. The van der Waals surface area contributed by atoms with Crippen molar-refractivity contribution in [3.8, 4) is 22.8 Å². The van der Waals surface area contributed by atoms with E-state index in [2.05, 4.69) is 32.6 Å². The molecule has 0 bridgehead atoms. The van der Waals surface area contributed by atoms with Gasteiger partial charge in [0.2, 0.25) is 11.9 Å². The van der Waals surface area contributed by atoms with Crippen molar-refractivity contribution in [3.63, 3.8) is 0 Å². The summed E-state index contributed by atoms with van der Waals surface area (Å²) in [5.41, 5.74) is 6.90. The molecule has 0 saturated carbocycles. The Hall–Kier alpha value is -4.67. The molecule has 0 aliphatic carbocycles. The van der Waals surface area contributed by atoms with E-state index in [1.807, 2.05) is 45.9 Å². The van der Waals surface area contributed by atoms with Gasteiger partial charge in [-0.2, -0.15) is 0 Å². The second kappa shape index (κ2) is 11.2. The van der Waals surface area contributed by atoms with Gasteiger partial charge in [-0.25, -0.2) is 14.8 Å². The number of hydrogen-bond acceptors (Lipinski definition) is 7. The lowest BCUT2D eigenvalue weighted by molar-refractivity contribution is -0.116. The van der Waals surface area contributed by atoms with E-state index in [0.29, 0.717) is 36.6 Å². The summed E-state index contributed by atoms with van der Waals surface area (Å²) in [6.45, 7) is 9.14. The molecule has 2 N–H and O–H groups in total. The number of carbonyl (C=O) groups excluding carboxylic acids is 1. The second-order valence-corrected chi connectivity index (χ2v) is 9.80. The molecule has 2 aromatic carbocycles. The Bertz CT molecular complexity index is 1680. The standard InChI is InChI=1S/C29H33N7O4/c1-6-40-24-13-20-7-9-35-22(21(20)14-23(24)39-5)15-25(32-27-18(3)11-17(2)12-19(27)4)36(29(35)38)10-8-26(37)33-28-30-16-31-34-28/h11-16H,6-10H2,1-5H3,(H2,30,31,33,34,37)/b32-25+. The minimum atomic E-state index is -0.304. The first-order valence-corrected chi connectivity index (χ1v) is 13.3. The number of aryl methyl sites for hydroxylation is 4. The van der Waals surface area contributed by atoms with Crippen LogP contribution in [0.1, 0.15) is 35.6 Å². The third-order valence-corrected chi connectivity index (χ3v) is 6.96. The van der Waals surface area contributed by atoms with E-state index in [1.165, 1.54) is 6.33 Å². The van der Waals surface area contributed by atoms with E-state index in [-0.39, 0.29) is 30.5 Å². The highest BCUT2D eigenvalue weighted by atomic mass is 16.5. The molecular formula is C29H33N7O4. The van der Waals surface area contributed by atoms with Crippen molar-refractivity contribution in [1.82, 2.24) is 24.3 Å². The molecule has 1 aliphatic rings. The molecule has 3 heterocycles. The van der Waals surface area contributed by atoms with Crippen LogP contribution in [-0.4, -0.2) is 43.9 Å². The molecule has 11 heteroatoms. The van der Waals surface area contributed by atoms with Gasteiger partial charge in [0, 0.05) is 31.1 Å². The van der Waals surface area contributed by atoms with Crippen LogP contribution in [0.2, 0.25) is 0 Å². The van der Waals surface area contributed by atoms with Crippen LogP contribution in [0.15, 0.2) is 46.4 Å². The van der Waals surface area contributed by atoms with Gasteiger partial charge >= 0.3 is 5.69 Å². The smallest absolute Gasteiger partial charge is 0.330 e. The molecule has 0 atom stereocenters. The number of nitrogens with zero attached hydrogens (tertiary/aromatic N) is 5. The molecule has 0 fully saturated rings. The highest BCUT2D eigenvalue weighted by Crippen LogP contribution is 2.37. The number of hydrogen-bond donors (Lipinski definition) is 2. The van der Waals surface area contributed by atoms with E-state index in [9.17, 15) is 9.59 Å². The Morgan fingerprint density at radius 2 is 1.90 bits per heavy atom. The van der Waals surface area contributed by atoms with Gasteiger partial charge in [0.25, 0.3) is 0 Å². The van der Waals surface area contributed by atoms with E-state index < -0.39 is 0 Å². The summed E-state index contributed by atoms with van der Waals surface area (Å²) in [7, 11) is 1.60. The molecule has 40 heavy (non-hydrogen) atoms. The molecule has 0 radical (unpaired) electrons. The van der Waals surface area contributed by atoms with Gasteiger partial charge in [-0.1, -0.05) is 17.7 Å². The molecule has 11 nitrogen and oxygen atoms in total. The summed E-state index contributed by atoms with van der Waals surface area (Å²) < 4.78 is 14.7. The van der Waals surface area contributed by atoms with Gasteiger partial charge in [0.1, 0.15) is 11.8 Å². The van der Waals surface area contributed by atoms with Crippen molar-refractivity contribution < 1.29 is 14.3 Å². The first-order valence-electron chi connectivity index (χ1n) is 13.3. The molecule has 2 aromatic heterocycles. The third kappa shape index (κ3) is 5.27. The number of carbonyl (C=O) groups is 1. The van der Waals surface area contributed by atoms with Crippen LogP contribution < -0.4 is 26.0 Å². The predicted molar refractivity (Wildman–Crippen MR) is 151 cm³/mol. The van der Waals surface area contributed by atoms with Crippen molar-refractivity contribution in [3.05, 3.63) is 74.9 Å². The second-order valence-electron chi connectivity index (χ2n) is 9.80. The number of rotatable bonds is 8. The molecule has 1 amide bonds. The van der Waals surface area contributed by atoms with Crippen molar-refractivity contribution in [2.45, 2.75) is 53.6 Å². The molecule has 1 aliphatic heterocycles. The highest BCUT2D eigenvalue weighted by molar-refractivity contribution is 5.88. The number of nitrogens with one attached hydrogen (secondary N) is 2. The van der Waals surface area contributed by atoms with Crippen molar-refractivity contribution in [2.24, 2.45) is 4.99 Å². The Labute approximate surface area is 231 Å². The number of aromatic nitrogens is 5. The average Bonchev–Trinajstić information content (AvgIpc) is 3.43. The fourth-order valence-electron chi connectivity index (χ4n) is 5.21. The zero-order valence-corrected chi connectivity index (χ0v) is 23.4. The van der Waals surface area contributed by atoms with Gasteiger partial charge < -0.3 is 9.47 Å². The van der Waals surface area contributed by atoms with Crippen LogP contribution in [0.4, 0.5) is 11.6 Å². The van der Waals surface area contributed by atoms with Crippen LogP contribution in [0.5, 0.6) is 11.5 Å². The molecule has 208 valence electrons. The highest BCUT2D eigenvalue weighted by Gasteiger charge is 2.23. The number of aromatic amines is 1. The zero-order chi connectivity index (χ0) is 28.4. The van der Waals surface area contributed by atoms with Crippen molar-refractivity contribution in [1.29, 1.82) is 0 Å². The number of anilines is 1. The SMILES string of the molecule is CCOc1cc2c(cc1OC)-c1c/c(=N\c3c(C)cc(C)cc3C)n(CCC(=O)Nc3nc[nH]n3)c(=O)n1CC2. The summed E-state index contributed by atoms with van der Waals surface area (Å²) in [4.78, 5) is 35.5. The molecule has 0 unspecified atom stereocenters. The van der Waals surface area contributed by atoms with Gasteiger partial charge in [-0.05, 0) is 62.9 Å². The van der Waals surface area contributed by atoms with Crippen LogP contribution >= 0.6 is 0 Å². The Morgan fingerprint density at radius 3 is 2.58 bits per heavy atom. The van der Waals surface area contributed by atoms with Gasteiger partial charge in [0.15, 0.2) is 11.5 Å². The number of benzene rings is 2. The number of methoxy groups -OCH3 is 1. The Kier molecular flexibility index (Phi) is 7.54. The Morgan fingerprint density at radius 1 is 1.12 bits per heavy atom. The molecule has 5 rings (SSSR count). The first kappa shape index (κ1) is 26.9. The lowest BCUT2D eigenvalue weighted by atomic mass is 9.97. The van der Waals surface area contributed by atoms with E-state index >= 15 is 0 Å². The fraction of sp³-hybridized carbons (Fsp3) is 0.345. The van der Waals surface area contributed by atoms with Gasteiger partial charge in [-0.15, -0.1) is 5.10 Å². The number of amides is 1. The van der Waals surface area contributed by atoms with E-state index in [0.717, 1.165) is 39.2 Å². The fourth-order valence-corrected chi connectivity index (χ4v) is 5.21. The van der Waals surface area contributed by atoms with Crippen LogP contribution in [-0.2, 0) is 24.3 Å². The molecule has 0 spiro atoms. The third-order valence-electron chi connectivity index (χ3n) is 6.96. The monoisotopic (exact) mass is 543 g/mol. The lowest BCUT2D eigenvalue weighted by Crippen LogP contribution is -2.42. The van der Waals surface area contributed by atoms with Gasteiger partial charge in [0.05, 0.1) is 25.1 Å². The maximum Gasteiger partial charge on any atom is 0.330 e. The first-order chi connectivity index (χ1) is 19.3. The summed E-state index contributed by atoms with van der Waals surface area (Å²) in [6, 6.07) is 9.98. The minimum Gasteiger partial charge on any atom is -0.493 e. The van der Waals surface area contributed by atoms with Crippen LogP contribution in [0, 0.1) is 20.8 Å². The minimum absolute atomic E-state index is 0.0459. The summed E-state index contributed by atoms with van der Waals surface area (Å²) in [5, 5.41) is 9.06. The summed E-state index contributed by atoms with van der Waals surface area (Å²) in [5.74, 6) is 1.16. The largest absolute Gasteiger partial charge is 0.493 e. The Balaban J connectivity index is 1.65. The van der Waals surface area contributed by atoms with E-state index in [1.54, 1.807) is 16.2 Å². The molecule has 0 saturated heterocycles. The molecular weight excluding hydrogens is 510 g/mol. The lowest BCUT2D eigenvalue weighted by Gasteiger charge is -2.25. The average molecular weight is 544 g/mol. The maximum atomic E-state index is 14.0. The topological polar surface area (TPSA) is 128 Å². The van der Waals surface area contributed by atoms with Crippen molar-refractivity contribution >= 4 is 17.5 Å². The number of fused-ring (bicyclic) bond motifs is 3. The number of ether oxygens (including phenoxy) is 2. The van der Waals surface area contributed by atoms with Crippen molar-refractivity contribution in [2.75, 3.05) is 19.0 Å². The van der Waals surface area contributed by atoms with Crippen LogP contribution in [0.25, 0.3) is 11.3 Å². The molecule has 4 aromatic rings. The van der Waals surface area contributed by atoms with E-state index in [4.69, 9.17) is 14.5 Å². The summed E-state index contributed by atoms with van der Waals surface area (Å²) >= 11 is 0. The quantitative estimate of drug-likeness (QED) is 0.350. The number of H-pyrrole nitrogens is 1. The van der Waals surface area contributed by atoms with Crippen LogP contribution in [0.3, 0.4) is 0 Å². The summed E-state index contributed by atoms with van der Waals surface area (Å²) in [6.07, 6.45) is 2.09. The van der Waals surface area contributed by atoms with Gasteiger partial charge in [-0.3, -0.25) is 24.3 Å².